The van der Waals surface area contributed by atoms with Gasteiger partial charge in [-0.25, -0.2) is 0 Å². The van der Waals surface area contributed by atoms with E-state index in [4.69, 9.17) is 0 Å². The van der Waals surface area contributed by atoms with Gasteiger partial charge in [0.05, 0.1) is 6.20 Å². The number of fused-ring (bicyclic) bond motifs is 1. The van der Waals surface area contributed by atoms with E-state index in [9.17, 15) is 4.79 Å². The number of hydrogen-bond donors (Lipinski definition) is 3. The summed E-state index contributed by atoms with van der Waals surface area (Å²) >= 11 is 0. The van der Waals surface area contributed by atoms with E-state index in [-0.39, 0.29) is 5.56 Å². The molecule has 3 rings (SSSR count). The molecule has 0 aliphatic heterocycles. The number of nitrogens with zero attached hydrogens (tertiary/aromatic N) is 2. The predicted octanol–water partition coefficient (Wildman–Crippen LogP) is 2.03. The van der Waals surface area contributed by atoms with E-state index in [1.54, 1.807) is 0 Å². The number of nitrogens with one attached hydrogen (secondary N) is 3. The fourth-order valence-corrected chi connectivity index (χ4v) is 2.74. The molecule has 2 aromatic rings. The van der Waals surface area contributed by atoms with Gasteiger partial charge in [-0.3, -0.25) is 14.9 Å². The van der Waals surface area contributed by atoms with Crippen LogP contribution >= 0.6 is 0 Å². The zero-order valence-corrected chi connectivity index (χ0v) is 11.1. The minimum atomic E-state index is -0.150. The second kappa shape index (κ2) is 5.03. The van der Waals surface area contributed by atoms with E-state index in [0.29, 0.717) is 23.0 Å². The molecule has 2 unspecified atom stereocenters. The second-order valence-corrected chi connectivity index (χ2v) is 5.50. The molecule has 1 saturated carbocycles. The van der Waals surface area contributed by atoms with Crippen molar-refractivity contribution in [1.82, 2.24) is 20.2 Å². The van der Waals surface area contributed by atoms with Crippen molar-refractivity contribution in [3.63, 3.8) is 0 Å². The number of rotatable bonds is 2. The van der Waals surface area contributed by atoms with E-state index in [0.717, 1.165) is 18.8 Å². The smallest absolute Gasteiger partial charge is 0.263 e. The lowest BCUT2D eigenvalue weighted by Crippen LogP contribution is -2.22. The summed E-state index contributed by atoms with van der Waals surface area (Å²) in [7, 11) is 0. The molecule has 0 saturated heterocycles. The van der Waals surface area contributed by atoms with Crippen LogP contribution in [0, 0.1) is 5.92 Å². The first-order valence-corrected chi connectivity index (χ1v) is 6.92. The van der Waals surface area contributed by atoms with Crippen molar-refractivity contribution in [2.75, 3.05) is 5.32 Å². The number of hydrogen-bond acceptors (Lipinski definition) is 4. The molecule has 6 nitrogen and oxygen atoms in total. The number of H-pyrrole nitrogens is 2. The van der Waals surface area contributed by atoms with Gasteiger partial charge in [0.25, 0.3) is 5.56 Å². The molecule has 0 bridgehead atoms. The first-order chi connectivity index (χ1) is 9.22. The highest BCUT2D eigenvalue weighted by atomic mass is 16.1. The lowest BCUT2D eigenvalue weighted by molar-refractivity contribution is 0.501. The highest BCUT2D eigenvalue weighted by Crippen LogP contribution is 2.24. The quantitative estimate of drug-likeness (QED) is 0.722. The third-order valence-electron chi connectivity index (χ3n) is 3.92. The van der Waals surface area contributed by atoms with Crippen LogP contribution in [0.15, 0.2) is 11.0 Å². The van der Waals surface area contributed by atoms with Crippen molar-refractivity contribution in [3.8, 4) is 0 Å². The van der Waals surface area contributed by atoms with E-state index in [1.807, 2.05) is 0 Å². The molecule has 2 atom stereocenters. The Hall–Kier alpha value is -1.85. The van der Waals surface area contributed by atoms with E-state index in [1.165, 1.54) is 25.5 Å². The molecule has 1 aliphatic rings. The van der Waals surface area contributed by atoms with Gasteiger partial charge in [0.15, 0.2) is 5.65 Å². The average molecular weight is 261 g/mol. The number of anilines is 1. The molecule has 2 aromatic heterocycles. The molecule has 0 aromatic carbocycles. The van der Waals surface area contributed by atoms with Gasteiger partial charge in [0.1, 0.15) is 5.39 Å². The summed E-state index contributed by atoms with van der Waals surface area (Å²) in [5.41, 5.74) is 0.386. The van der Waals surface area contributed by atoms with E-state index < -0.39 is 0 Å². The Kier molecular flexibility index (Phi) is 3.23. The first-order valence-electron chi connectivity index (χ1n) is 6.92. The molecule has 19 heavy (non-hydrogen) atoms. The molecule has 0 spiro atoms. The van der Waals surface area contributed by atoms with Gasteiger partial charge in [0.2, 0.25) is 5.95 Å². The third kappa shape index (κ3) is 2.62. The average Bonchev–Trinajstić information content (AvgIpc) is 2.75. The van der Waals surface area contributed by atoms with Gasteiger partial charge in [-0.05, 0) is 25.2 Å². The summed E-state index contributed by atoms with van der Waals surface area (Å²) in [6.45, 7) is 2.30. The highest BCUT2D eigenvalue weighted by Gasteiger charge is 2.17. The first kappa shape index (κ1) is 12.2. The molecule has 0 amide bonds. The van der Waals surface area contributed by atoms with Crippen molar-refractivity contribution >= 4 is 17.0 Å². The topological polar surface area (TPSA) is 86.5 Å². The van der Waals surface area contributed by atoms with Crippen molar-refractivity contribution in [2.24, 2.45) is 5.92 Å². The van der Waals surface area contributed by atoms with E-state index in [2.05, 4.69) is 32.4 Å². The Morgan fingerprint density at radius 3 is 3.11 bits per heavy atom. The van der Waals surface area contributed by atoms with Crippen molar-refractivity contribution in [2.45, 2.75) is 45.1 Å². The lowest BCUT2D eigenvalue weighted by Gasteiger charge is -2.16. The van der Waals surface area contributed by atoms with Crippen LogP contribution in [-0.2, 0) is 0 Å². The van der Waals surface area contributed by atoms with Crippen LogP contribution in [0.25, 0.3) is 11.0 Å². The Morgan fingerprint density at radius 2 is 2.21 bits per heavy atom. The Labute approximate surface area is 111 Å². The number of aromatic amines is 2. The SMILES string of the molecule is CC1CCCC(Nc2nc3[nH]ncc3c(=O)[nH]2)CC1. The van der Waals surface area contributed by atoms with Crippen LogP contribution in [0.3, 0.4) is 0 Å². The van der Waals surface area contributed by atoms with Crippen LogP contribution < -0.4 is 10.9 Å². The second-order valence-electron chi connectivity index (χ2n) is 5.50. The van der Waals surface area contributed by atoms with E-state index >= 15 is 0 Å². The Morgan fingerprint density at radius 1 is 1.32 bits per heavy atom. The minimum Gasteiger partial charge on any atom is -0.353 e. The fourth-order valence-electron chi connectivity index (χ4n) is 2.74. The maximum atomic E-state index is 11.8. The number of aromatic nitrogens is 4. The fraction of sp³-hybridized carbons (Fsp3) is 0.615. The van der Waals surface area contributed by atoms with Crippen molar-refractivity contribution < 1.29 is 0 Å². The van der Waals surface area contributed by atoms with Gasteiger partial charge in [-0.2, -0.15) is 10.1 Å². The summed E-state index contributed by atoms with van der Waals surface area (Å²) in [4.78, 5) is 19.0. The molecule has 0 radical (unpaired) electrons. The van der Waals surface area contributed by atoms with Crippen molar-refractivity contribution in [3.05, 3.63) is 16.6 Å². The molecule has 1 fully saturated rings. The normalized spacial score (nSPS) is 24.3. The van der Waals surface area contributed by atoms with Crippen LogP contribution in [0.2, 0.25) is 0 Å². The predicted molar refractivity (Wildman–Crippen MR) is 74.2 cm³/mol. The molecular weight excluding hydrogens is 242 g/mol. The maximum absolute atomic E-state index is 11.8. The zero-order valence-electron chi connectivity index (χ0n) is 11.1. The zero-order chi connectivity index (χ0) is 13.2. The molecule has 3 N–H and O–H groups in total. The van der Waals surface area contributed by atoms with Gasteiger partial charge in [-0.15, -0.1) is 0 Å². The van der Waals surface area contributed by atoms with Crippen LogP contribution in [0.4, 0.5) is 5.95 Å². The summed E-state index contributed by atoms with van der Waals surface area (Å²) in [5.74, 6) is 1.34. The summed E-state index contributed by atoms with van der Waals surface area (Å²) in [6, 6.07) is 0.397. The summed E-state index contributed by atoms with van der Waals surface area (Å²) in [6.07, 6.45) is 7.52. The largest absolute Gasteiger partial charge is 0.353 e. The standard InChI is InChI=1S/C13H19N5O/c1-8-3-2-4-9(6-5-8)15-13-16-11-10(7-14-18-11)12(19)17-13/h7-9H,2-6H2,1H3,(H3,14,15,16,17,18,19). The van der Waals surface area contributed by atoms with Crippen LogP contribution in [0.1, 0.15) is 39.0 Å². The minimum absolute atomic E-state index is 0.150. The molecule has 102 valence electrons. The van der Waals surface area contributed by atoms with Crippen LogP contribution in [0.5, 0.6) is 0 Å². The highest BCUT2D eigenvalue weighted by molar-refractivity contribution is 5.73. The van der Waals surface area contributed by atoms with Gasteiger partial charge in [-0.1, -0.05) is 19.8 Å². The van der Waals surface area contributed by atoms with Gasteiger partial charge < -0.3 is 5.32 Å². The van der Waals surface area contributed by atoms with Crippen LogP contribution in [-0.4, -0.2) is 26.2 Å². The summed E-state index contributed by atoms with van der Waals surface area (Å²) < 4.78 is 0. The van der Waals surface area contributed by atoms with Gasteiger partial charge in [0, 0.05) is 6.04 Å². The Bertz CT molecular complexity index is 617. The van der Waals surface area contributed by atoms with Crippen molar-refractivity contribution in [1.29, 1.82) is 0 Å². The summed E-state index contributed by atoms with van der Waals surface area (Å²) in [5, 5.41) is 10.4. The monoisotopic (exact) mass is 261 g/mol. The molecular formula is C13H19N5O. The molecule has 6 heteroatoms. The lowest BCUT2D eigenvalue weighted by atomic mass is 10.0. The molecule has 2 heterocycles. The Balaban J connectivity index is 1.79. The van der Waals surface area contributed by atoms with Gasteiger partial charge >= 0.3 is 0 Å². The molecule has 1 aliphatic carbocycles. The third-order valence-corrected chi connectivity index (χ3v) is 3.92. The maximum Gasteiger partial charge on any atom is 0.263 e.